The number of anilines is 1. The second kappa shape index (κ2) is 4.65. The summed E-state index contributed by atoms with van der Waals surface area (Å²) in [4.78, 5) is 12.1. The lowest BCUT2D eigenvalue weighted by atomic mass is 9.84. The molecule has 0 aliphatic heterocycles. The molecule has 2 atom stereocenters. The summed E-state index contributed by atoms with van der Waals surface area (Å²) < 4.78 is 26.2. The van der Waals surface area contributed by atoms with Gasteiger partial charge in [0.1, 0.15) is 11.6 Å². The number of halogens is 2. The lowest BCUT2D eigenvalue weighted by Crippen LogP contribution is -2.44. The number of amides is 1. The van der Waals surface area contributed by atoms with Gasteiger partial charge in [0, 0.05) is 12.1 Å². The fourth-order valence-electron chi connectivity index (χ4n) is 2.33. The van der Waals surface area contributed by atoms with Gasteiger partial charge in [0.2, 0.25) is 5.91 Å². The molecule has 1 fully saturated rings. The van der Waals surface area contributed by atoms with Crippen molar-refractivity contribution in [1.82, 2.24) is 0 Å². The van der Waals surface area contributed by atoms with Crippen molar-refractivity contribution in [3.63, 3.8) is 0 Å². The summed E-state index contributed by atoms with van der Waals surface area (Å²) in [6, 6.07) is 2.84. The van der Waals surface area contributed by atoms with Crippen LogP contribution in [-0.4, -0.2) is 11.9 Å². The van der Waals surface area contributed by atoms with Gasteiger partial charge in [-0.05, 0) is 31.9 Å². The molecule has 0 saturated heterocycles. The Morgan fingerprint density at radius 1 is 1.50 bits per heavy atom. The fraction of sp³-hybridized carbons (Fsp3) is 0.462. The molecule has 1 amide bonds. The van der Waals surface area contributed by atoms with Crippen LogP contribution >= 0.6 is 0 Å². The van der Waals surface area contributed by atoms with Gasteiger partial charge in [-0.3, -0.25) is 4.79 Å². The lowest BCUT2D eigenvalue weighted by Gasteiger charge is -2.27. The number of nitrogens with one attached hydrogen (secondary N) is 1. The normalized spacial score (nSPS) is 27.2. The van der Waals surface area contributed by atoms with E-state index in [9.17, 15) is 13.6 Å². The first-order valence-electron chi connectivity index (χ1n) is 5.95. The van der Waals surface area contributed by atoms with Crippen LogP contribution in [0, 0.1) is 17.0 Å². The molecular weight excluding hydrogens is 238 g/mol. The molecule has 0 radical (unpaired) electrons. The molecule has 1 aromatic rings. The largest absolute Gasteiger partial charge is 0.327 e. The molecule has 1 aromatic carbocycles. The van der Waals surface area contributed by atoms with Gasteiger partial charge in [-0.25, -0.2) is 8.78 Å². The average molecular weight is 254 g/mol. The zero-order valence-electron chi connectivity index (χ0n) is 10.2. The molecule has 18 heavy (non-hydrogen) atoms. The Bertz CT molecular complexity index is 478. The molecule has 3 N–H and O–H groups in total. The van der Waals surface area contributed by atoms with E-state index >= 15 is 0 Å². The molecule has 0 aromatic heterocycles. The smallest absolute Gasteiger partial charge is 0.231 e. The van der Waals surface area contributed by atoms with Crippen molar-refractivity contribution in [1.29, 1.82) is 0 Å². The van der Waals surface area contributed by atoms with Crippen LogP contribution in [0.5, 0.6) is 0 Å². The Kier molecular flexibility index (Phi) is 3.34. The van der Waals surface area contributed by atoms with Gasteiger partial charge in [0.25, 0.3) is 0 Å². The fourth-order valence-corrected chi connectivity index (χ4v) is 2.33. The van der Waals surface area contributed by atoms with Crippen molar-refractivity contribution in [3.8, 4) is 0 Å². The van der Waals surface area contributed by atoms with Crippen LogP contribution in [0.15, 0.2) is 18.2 Å². The third-order valence-corrected chi connectivity index (χ3v) is 3.73. The number of carbonyl (C=O) groups excluding carboxylic acids is 1. The number of hydrogen-bond acceptors (Lipinski definition) is 2. The number of nitrogens with two attached hydrogens (primary N) is 1. The molecule has 3 nitrogen and oxygen atoms in total. The highest BCUT2D eigenvalue weighted by atomic mass is 19.1. The Balaban J connectivity index is 2.16. The molecule has 0 spiro atoms. The van der Waals surface area contributed by atoms with Crippen molar-refractivity contribution in [2.75, 3.05) is 5.32 Å². The van der Waals surface area contributed by atoms with Gasteiger partial charge in [-0.1, -0.05) is 6.42 Å². The maximum atomic E-state index is 13.4. The van der Waals surface area contributed by atoms with E-state index in [2.05, 4.69) is 5.32 Å². The second-order valence-electron chi connectivity index (χ2n) is 4.99. The summed E-state index contributed by atoms with van der Waals surface area (Å²) in [7, 11) is 0. The number of hydrogen-bond donors (Lipinski definition) is 2. The Hall–Kier alpha value is -1.49. The first-order valence-corrected chi connectivity index (χ1v) is 5.95. The first-order chi connectivity index (χ1) is 8.43. The monoisotopic (exact) mass is 254 g/mol. The number of benzene rings is 1. The number of carbonyl (C=O) groups is 1. The average Bonchev–Trinajstić information content (AvgIpc) is 2.64. The van der Waals surface area contributed by atoms with E-state index in [1.807, 2.05) is 0 Å². The van der Waals surface area contributed by atoms with Crippen molar-refractivity contribution < 1.29 is 13.6 Å². The summed E-state index contributed by atoms with van der Waals surface area (Å²) in [5.74, 6) is -1.76. The lowest BCUT2D eigenvalue weighted by molar-refractivity contribution is -0.125. The predicted molar refractivity (Wildman–Crippen MR) is 64.9 cm³/mol. The van der Waals surface area contributed by atoms with Crippen LogP contribution in [0.3, 0.4) is 0 Å². The maximum absolute atomic E-state index is 13.4. The highest BCUT2D eigenvalue weighted by Crippen LogP contribution is 2.37. The molecule has 1 saturated carbocycles. The Morgan fingerprint density at radius 3 is 2.78 bits per heavy atom. The van der Waals surface area contributed by atoms with Crippen LogP contribution in [0.2, 0.25) is 0 Å². The van der Waals surface area contributed by atoms with Crippen LogP contribution in [0.4, 0.5) is 14.5 Å². The van der Waals surface area contributed by atoms with E-state index in [-0.39, 0.29) is 17.6 Å². The zero-order valence-corrected chi connectivity index (χ0v) is 10.2. The predicted octanol–water partition coefficient (Wildman–Crippen LogP) is 2.42. The molecule has 98 valence electrons. The van der Waals surface area contributed by atoms with Gasteiger partial charge in [-0.15, -0.1) is 0 Å². The summed E-state index contributed by atoms with van der Waals surface area (Å²) >= 11 is 0. The van der Waals surface area contributed by atoms with Crippen molar-refractivity contribution in [2.24, 2.45) is 11.1 Å². The van der Waals surface area contributed by atoms with Gasteiger partial charge in [0.15, 0.2) is 0 Å². The van der Waals surface area contributed by atoms with Crippen LogP contribution < -0.4 is 11.1 Å². The summed E-state index contributed by atoms with van der Waals surface area (Å²) in [5, 5.41) is 2.49. The Morgan fingerprint density at radius 2 is 2.22 bits per heavy atom. The molecular formula is C13H16F2N2O. The van der Waals surface area contributed by atoms with E-state index in [1.165, 1.54) is 6.07 Å². The molecule has 2 rings (SSSR count). The van der Waals surface area contributed by atoms with E-state index in [0.717, 1.165) is 25.0 Å². The maximum Gasteiger partial charge on any atom is 0.231 e. The summed E-state index contributed by atoms with van der Waals surface area (Å²) in [6.07, 6.45) is 2.36. The van der Waals surface area contributed by atoms with E-state index in [1.54, 1.807) is 6.92 Å². The van der Waals surface area contributed by atoms with Gasteiger partial charge in [0.05, 0.1) is 11.1 Å². The van der Waals surface area contributed by atoms with Gasteiger partial charge >= 0.3 is 0 Å². The molecule has 1 aliphatic carbocycles. The van der Waals surface area contributed by atoms with Gasteiger partial charge in [-0.2, -0.15) is 0 Å². The minimum atomic E-state index is -0.779. The van der Waals surface area contributed by atoms with E-state index < -0.39 is 17.0 Å². The third kappa shape index (κ3) is 2.22. The zero-order chi connectivity index (χ0) is 13.3. The van der Waals surface area contributed by atoms with Crippen LogP contribution in [0.1, 0.15) is 26.2 Å². The number of rotatable bonds is 2. The highest BCUT2D eigenvalue weighted by Gasteiger charge is 2.43. The molecule has 0 heterocycles. The Labute approximate surface area is 104 Å². The topological polar surface area (TPSA) is 55.1 Å². The van der Waals surface area contributed by atoms with Gasteiger partial charge < -0.3 is 11.1 Å². The standard InChI is InChI=1S/C13H16F2N2O/c1-13(6-2-3-11(13)16)12(18)17-10-5-4-8(14)7-9(10)15/h4-5,7,11H,2-3,6,16H2,1H3,(H,17,18). The van der Waals surface area contributed by atoms with E-state index in [4.69, 9.17) is 5.73 Å². The van der Waals surface area contributed by atoms with Crippen molar-refractivity contribution >= 4 is 11.6 Å². The SMILES string of the molecule is CC1(C(=O)Nc2ccc(F)cc2F)CCCC1N. The molecule has 5 heteroatoms. The van der Waals surface area contributed by atoms with E-state index in [0.29, 0.717) is 6.42 Å². The quantitative estimate of drug-likeness (QED) is 0.851. The minimum Gasteiger partial charge on any atom is -0.327 e. The molecule has 1 aliphatic rings. The van der Waals surface area contributed by atoms with Crippen molar-refractivity contribution in [2.45, 2.75) is 32.2 Å². The summed E-state index contributed by atoms with van der Waals surface area (Å²) in [5.41, 5.74) is 5.22. The highest BCUT2D eigenvalue weighted by molar-refractivity contribution is 5.95. The summed E-state index contributed by atoms with van der Waals surface area (Å²) in [6.45, 7) is 1.78. The minimum absolute atomic E-state index is 0.0123. The first kappa shape index (κ1) is 13.0. The van der Waals surface area contributed by atoms with Crippen molar-refractivity contribution in [3.05, 3.63) is 29.8 Å². The molecule has 2 unspecified atom stereocenters. The third-order valence-electron chi connectivity index (χ3n) is 3.73. The van der Waals surface area contributed by atoms with Crippen LogP contribution in [-0.2, 0) is 4.79 Å². The molecule has 0 bridgehead atoms. The van der Waals surface area contributed by atoms with Crippen LogP contribution in [0.25, 0.3) is 0 Å². The second-order valence-corrected chi connectivity index (χ2v) is 4.99.